The van der Waals surface area contributed by atoms with Crippen molar-refractivity contribution in [3.05, 3.63) is 48.2 Å². The van der Waals surface area contributed by atoms with Crippen LogP contribution in [0.5, 0.6) is 11.6 Å². The zero-order chi connectivity index (χ0) is 21.1. The Hall–Kier alpha value is -3.36. The average molecular weight is 422 g/mol. The zero-order valence-electron chi connectivity index (χ0n) is 17.2. The van der Waals surface area contributed by atoms with Gasteiger partial charge in [0.1, 0.15) is 18.5 Å². The van der Waals surface area contributed by atoms with Gasteiger partial charge in [-0.2, -0.15) is 5.10 Å². The van der Waals surface area contributed by atoms with Gasteiger partial charge in [0.25, 0.3) is 0 Å². The normalized spacial score (nSPS) is 24.9. The molecule has 1 aliphatic carbocycles. The van der Waals surface area contributed by atoms with E-state index in [1.807, 2.05) is 6.20 Å². The maximum absolute atomic E-state index is 14.1. The fourth-order valence-electron chi connectivity index (χ4n) is 4.68. The third-order valence-electron chi connectivity index (χ3n) is 6.32. The molecule has 0 spiro atoms. The van der Waals surface area contributed by atoms with Crippen LogP contribution in [0.25, 0.3) is 11.3 Å². The molecule has 31 heavy (non-hydrogen) atoms. The van der Waals surface area contributed by atoms with Crippen LogP contribution in [0.1, 0.15) is 37.3 Å². The van der Waals surface area contributed by atoms with Crippen molar-refractivity contribution < 1.29 is 13.9 Å². The van der Waals surface area contributed by atoms with Gasteiger partial charge >= 0.3 is 0 Å². The summed E-state index contributed by atoms with van der Waals surface area (Å²) in [4.78, 5) is 11.3. The maximum Gasteiger partial charge on any atom is 0.218 e. The Morgan fingerprint density at radius 2 is 2.19 bits per heavy atom. The number of nitrogens with zero attached hydrogens (tertiary/aromatic N) is 5. The number of hydrogen-bond acceptors (Lipinski definition) is 7. The van der Waals surface area contributed by atoms with Crippen LogP contribution in [0.4, 0.5) is 10.2 Å². The molecule has 1 fully saturated rings. The van der Waals surface area contributed by atoms with Crippen LogP contribution in [0.3, 0.4) is 0 Å². The molecule has 0 amide bonds. The molecule has 0 unspecified atom stereocenters. The van der Waals surface area contributed by atoms with E-state index in [1.165, 1.54) is 12.3 Å². The Morgan fingerprint density at radius 1 is 1.29 bits per heavy atom. The molecule has 0 aromatic carbocycles. The molecule has 0 radical (unpaired) electrons. The van der Waals surface area contributed by atoms with Crippen molar-refractivity contribution in [2.45, 2.75) is 50.9 Å². The van der Waals surface area contributed by atoms with Crippen LogP contribution >= 0.6 is 0 Å². The molecule has 6 rings (SSSR count). The van der Waals surface area contributed by atoms with E-state index >= 15 is 0 Å². The summed E-state index contributed by atoms with van der Waals surface area (Å²) in [5.74, 6) is 1.43. The molecule has 3 atom stereocenters. The van der Waals surface area contributed by atoms with Crippen molar-refractivity contribution in [1.29, 1.82) is 0 Å². The highest BCUT2D eigenvalue weighted by atomic mass is 19.1. The molecule has 3 aromatic rings. The number of ether oxygens (including phenoxy) is 2. The molecule has 2 aliphatic heterocycles. The Kier molecular flexibility index (Phi) is 4.06. The predicted molar refractivity (Wildman–Crippen MR) is 113 cm³/mol. The monoisotopic (exact) mass is 422 g/mol. The van der Waals surface area contributed by atoms with Crippen molar-refractivity contribution in [2.24, 2.45) is 0 Å². The summed E-state index contributed by atoms with van der Waals surface area (Å²) in [5, 5.41) is 7.98. The molecule has 5 heterocycles. The Balaban J connectivity index is 1.53. The Bertz CT molecular complexity index is 1190. The van der Waals surface area contributed by atoms with E-state index in [2.05, 4.69) is 33.8 Å². The van der Waals surface area contributed by atoms with E-state index in [9.17, 15) is 4.39 Å². The lowest BCUT2D eigenvalue weighted by Gasteiger charge is -2.36. The van der Waals surface area contributed by atoms with E-state index in [4.69, 9.17) is 14.5 Å². The number of anilines is 1. The number of aromatic nitrogens is 4. The van der Waals surface area contributed by atoms with Gasteiger partial charge in [0.2, 0.25) is 5.88 Å². The fourth-order valence-corrected chi connectivity index (χ4v) is 4.68. The molecule has 3 aliphatic rings. The average Bonchev–Trinajstić information content (AvgIpc) is 3.36. The van der Waals surface area contributed by atoms with E-state index in [-0.39, 0.29) is 24.0 Å². The van der Waals surface area contributed by atoms with Crippen LogP contribution in [0.2, 0.25) is 0 Å². The number of fused-ring (bicyclic) bond motifs is 3. The number of pyridine rings is 1. The summed E-state index contributed by atoms with van der Waals surface area (Å²) in [6.45, 7) is 7.21. The van der Waals surface area contributed by atoms with Crippen molar-refractivity contribution in [1.82, 2.24) is 24.9 Å². The molecule has 1 N–H and O–H groups in total. The van der Waals surface area contributed by atoms with Gasteiger partial charge in [-0.1, -0.05) is 6.58 Å². The first-order valence-electron chi connectivity index (χ1n) is 10.6. The number of halogens is 1. The van der Waals surface area contributed by atoms with Crippen LogP contribution in [0, 0.1) is 5.82 Å². The largest absolute Gasteiger partial charge is 0.486 e. The summed E-state index contributed by atoms with van der Waals surface area (Å²) >= 11 is 0. The van der Waals surface area contributed by atoms with E-state index in [1.54, 1.807) is 10.7 Å². The van der Waals surface area contributed by atoms with E-state index in [0.29, 0.717) is 41.8 Å². The van der Waals surface area contributed by atoms with Gasteiger partial charge < -0.3 is 19.7 Å². The van der Waals surface area contributed by atoms with Crippen molar-refractivity contribution in [3.8, 4) is 11.6 Å². The SMILES string of the molecule is C=C1N[C@H]2CC[C@H](C2)Oc2ncc(F)cc2CN2c3nc4c1cnn4cc3OC[C@H]2C. The number of rotatable bonds is 0. The van der Waals surface area contributed by atoms with Gasteiger partial charge in [-0.15, -0.1) is 0 Å². The summed E-state index contributed by atoms with van der Waals surface area (Å²) in [6, 6.07) is 1.78. The van der Waals surface area contributed by atoms with Gasteiger partial charge in [0.15, 0.2) is 17.2 Å². The van der Waals surface area contributed by atoms with Crippen LogP contribution in [-0.4, -0.2) is 44.4 Å². The van der Waals surface area contributed by atoms with Crippen molar-refractivity contribution in [2.75, 3.05) is 11.5 Å². The van der Waals surface area contributed by atoms with Gasteiger partial charge in [-0.05, 0) is 25.8 Å². The van der Waals surface area contributed by atoms with E-state index < -0.39 is 0 Å². The molecule has 4 bridgehead atoms. The quantitative estimate of drug-likeness (QED) is 0.597. The minimum atomic E-state index is -0.381. The van der Waals surface area contributed by atoms with Gasteiger partial charge in [-0.25, -0.2) is 18.9 Å². The smallest absolute Gasteiger partial charge is 0.218 e. The first-order chi connectivity index (χ1) is 15.0. The van der Waals surface area contributed by atoms with Gasteiger partial charge in [0.05, 0.1) is 36.7 Å². The zero-order valence-corrected chi connectivity index (χ0v) is 17.2. The first kappa shape index (κ1) is 18.4. The molecule has 3 aromatic heterocycles. The lowest BCUT2D eigenvalue weighted by Crippen LogP contribution is -2.41. The van der Waals surface area contributed by atoms with Crippen LogP contribution in [-0.2, 0) is 6.54 Å². The lowest BCUT2D eigenvalue weighted by molar-refractivity contribution is 0.195. The Labute approximate surface area is 178 Å². The highest BCUT2D eigenvalue weighted by Crippen LogP contribution is 2.36. The van der Waals surface area contributed by atoms with Gasteiger partial charge in [0, 0.05) is 23.7 Å². The third-order valence-corrected chi connectivity index (χ3v) is 6.32. The topological polar surface area (TPSA) is 76.8 Å². The van der Waals surface area contributed by atoms with Crippen molar-refractivity contribution >= 4 is 17.2 Å². The molecule has 160 valence electrons. The second-order valence-corrected chi connectivity index (χ2v) is 8.53. The number of nitrogens with one attached hydrogen (secondary N) is 1. The second-order valence-electron chi connectivity index (χ2n) is 8.53. The third kappa shape index (κ3) is 3.07. The van der Waals surface area contributed by atoms with E-state index in [0.717, 1.165) is 30.5 Å². The van der Waals surface area contributed by atoms with Crippen molar-refractivity contribution in [3.63, 3.8) is 0 Å². The number of hydrogen-bond donors (Lipinski definition) is 1. The first-order valence-corrected chi connectivity index (χ1v) is 10.6. The summed E-state index contributed by atoms with van der Waals surface area (Å²) in [6.07, 6.45) is 7.53. The molecule has 9 heteroatoms. The van der Waals surface area contributed by atoms with Crippen LogP contribution < -0.4 is 19.7 Å². The minimum absolute atomic E-state index is 0.0192. The highest BCUT2D eigenvalue weighted by molar-refractivity contribution is 5.75. The maximum atomic E-state index is 14.1. The van der Waals surface area contributed by atoms with Gasteiger partial charge in [-0.3, -0.25) is 0 Å². The molecule has 8 nitrogen and oxygen atoms in total. The minimum Gasteiger partial charge on any atom is -0.486 e. The molecular weight excluding hydrogens is 399 g/mol. The highest BCUT2D eigenvalue weighted by Gasteiger charge is 2.32. The molecule has 0 saturated heterocycles. The van der Waals surface area contributed by atoms with Crippen LogP contribution in [0.15, 0.2) is 31.2 Å². The lowest BCUT2D eigenvalue weighted by atomic mass is 10.1. The predicted octanol–water partition coefficient (Wildman–Crippen LogP) is 2.92. The fraction of sp³-hybridized carbons (Fsp3) is 0.409. The summed E-state index contributed by atoms with van der Waals surface area (Å²) < 4.78 is 28.0. The summed E-state index contributed by atoms with van der Waals surface area (Å²) in [7, 11) is 0. The molecule has 1 saturated carbocycles. The molecular formula is C22H23FN6O2. The summed E-state index contributed by atoms with van der Waals surface area (Å²) in [5.41, 5.74) is 3.06. The standard InChI is InChI=1S/C22H23FN6O2/c1-12-11-30-19-10-29-20-18(8-25-29)13(2)26-16-3-4-17(6-16)31-22-14(5-15(23)7-24-22)9-28(12)21(19)27-20/h5,7-8,10,12,16-17,26H,2-4,6,9,11H2,1H3/t12-,16+,17-/m1/s1. The second kappa shape index (κ2) is 6.83. The Morgan fingerprint density at radius 3 is 3.10 bits per heavy atom.